The molecule has 13 atom stereocenters. The van der Waals surface area contributed by atoms with E-state index in [2.05, 4.69) is 69.2 Å². The van der Waals surface area contributed by atoms with Crippen LogP contribution in [0.4, 0.5) is 0 Å². The highest BCUT2D eigenvalue weighted by Gasteiger charge is 2.68. The van der Waals surface area contributed by atoms with E-state index < -0.39 is 0 Å². The van der Waals surface area contributed by atoms with Crippen molar-refractivity contribution in [3.05, 3.63) is 0 Å². The first-order chi connectivity index (χ1) is 18.3. The van der Waals surface area contributed by atoms with Crippen molar-refractivity contribution < 1.29 is 4.74 Å². The van der Waals surface area contributed by atoms with Crippen molar-refractivity contribution in [1.29, 1.82) is 0 Å². The van der Waals surface area contributed by atoms with Crippen molar-refractivity contribution >= 4 is 0 Å². The number of ether oxygens (including phenoxy) is 1. The van der Waals surface area contributed by atoms with Crippen LogP contribution in [-0.4, -0.2) is 13.2 Å². The number of methoxy groups -OCH3 is 1. The lowest BCUT2D eigenvalue weighted by atomic mass is 9.32. The second kappa shape index (κ2) is 10.9. The lowest BCUT2D eigenvalue weighted by molar-refractivity contribution is -0.247. The zero-order valence-corrected chi connectivity index (χ0v) is 28.2. The van der Waals surface area contributed by atoms with E-state index in [4.69, 9.17) is 4.74 Å². The van der Waals surface area contributed by atoms with Gasteiger partial charge in [0.25, 0.3) is 0 Å². The molecule has 0 bridgehead atoms. The average Bonchev–Trinajstić information content (AvgIpc) is 2.85. The Morgan fingerprint density at radius 3 is 2.05 bits per heavy atom. The van der Waals surface area contributed by atoms with Gasteiger partial charge in [0.15, 0.2) is 0 Å². The van der Waals surface area contributed by atoms with Gasteiger partial charge in [0.2, 0.25) is 0 Å². The maximum Gasteiger partial charge on any atom is 0.0571 e. The third-order valence-corrected chi connectivity index (χ3v) is 15.8. The predicted molar refractivity (Wildman–Crippen MR) is 168 cm³/mol. The Balaban J connectivity index is 1.39. The van der Waals surface area contributed by atoms with E-state index in [1.807, 2.05) is 7.11 Å². The van der Waals surface area contributed by atoms with Gasteiger partial charge in [-0.25, -0.2) is 0 Å². The molecule has 0 aromatic heterocycles. The van der Waals surface area contributed by atoms with Gasteiger partial charge in [0, 0.05) is 7.11 Å². The van der Waals surface area contributed by atoms with Gasteiger partial charge < -0.3 is 4.74 Å². The molecule has 0 N–H and O–H groups in total. The summed E-state index contributed by atoms with van der Waals surface area (Å²) in [7, 11) is 1.92. The second-order valence-electron chi connectivity index (χ2n) is 17.9. The Hall–Kier alpha value is -0.0400. The molecule has 5 aliphatic carbocycles. The summed E-state index contributed by atoms with van der Waals surface area (Å²) in [5.41, 5.74) is 1.45. The molecule has 226 valence electrons. The molecule has 39 heavy (non-hydrogen) atoms. The van der Waals surface area contributed by atoms with E-state index in [-0.39, 0.29) is 0 Å². The molecule has 0 heterocycles. The molecule has 0 aromatic carbocycles. The summed E-state index contributed by atoms with van der Waals surface area (Å²) in [6, 6.07) is 0. The quantitative estimate of drug-likeness (QED) is 0.337. The second-order valence-corrected chi connectivity index (χ2v) is 17.9. The van der Waals surface area contributed by atoms with E-state index in [0.29, 0.717) is 22.3 Å². The minimum atomic E-state index is 0.456. The van der Waals surface area contributed by atoms with Crippen LogP contribution in [0.15, 0.2) is 0 Å². The normalized spacial score (nSPS) is 56.0. The molecular weight excluding hydrogens is 472 g/mol. The summed E-state index contributed by atoms with van der Waals surface area (Å²) >= 11 is 0. The fourth-order valence-corrected chi connectivity index (χ4v) is 14.3. The highest BCUT2D eigenvalue weighted by atomic mass is 16.5. The smallest absolute Gasteiger partial charge is 0.0571 e. The Morgan fingerprint density at radius 2 is 1.44 bits per heavy atom. The fourth-order valence-electron chi connectivity index (χ4n) is 14.3. The number of hydrogen-bond acceptors (Lipinski definition) is 1. The first-order valence-corrected chi connectivity index (χ1v) is 17.8. The van der Waals surface area contributed by atoms with Gasteiger partial charge >= 0.3 is 0 Å². The molecule has 0 radical (unpaired) electrons. The van der Waals surface area contributed by atoms with Crippen LogP contribution in [0.1, 0.15) is 140 Å². The maximum atomic E-state index is 5.68. The van der Waals surface area contributed by atoms with Crippen molar-refractivity contribution in [2.24, 2.45) is 87.3 Å². The average molecular weight is 541 g/mol. The van der Waals surface area contributed by atoms with Crippen molar-refractivity contribution in [1.82, 2.24) is 0 Å². The van der Waals surface area contributed by atoms with E-state index in [0.717, 1.165) is 71.0 Å². The van der Waals surface area contributed by atoms with E-state index in [1.165, 1.54) is 70.6 Å². The third-order valence-electron chi connectivity index (χ3n) is 15.8. The van der Waals surface area contributed by atoms with Crippen LogP contribution in [0.5, 0.6) is 0 Å². The van der Waals surface area contributed by atoms with Crippen LogP contribution in [0.25, 0.3) is 0 Å². The van der Waals surface area contributed by atoms with Crippen molar-refractivity contribution in [3.63, 3.8) is 0 Å². The summed E-state index contributed by atoms with van der Waals surface area (Å²) < 4.78 is 5.68. The fraction of sp³-hybridized carbons (Fsp3) is 1.00. The Kier molecular flexibility index (Phi) is 8.50. The highest BCUT2D eigenvalue weighted by molar-refractivity contribution is 5.17. The lowest BCUT2D eigenvalue weighted by Crippen LogP contribution is -2.67. The molecule has 5 fully saturated rings. The van der Waals surface area contributed by atoms with Gasteiger partial charge in [-0.15, -0.1) is 0 Å². The summed E-state index contributed by atoms with van der Waals surface area (Å²) in [6.07, 6.45) is 16.4. The first-order valence-electron chi connectivity index (χ1n) is 17.8. The Morgan fingerprint density at radius 1 is 0.769 bits per heavy atom. The molecule has 0 amide bonds. The van der Waals surface area contributed by atoms with Gasteiger partial charge in [-0.3, -0.25) is 0 Å². The van der Waals surface area contributed by atoms with Crippen LogP contribution in [0.3, 0.4) is 0 Å². The lowest BCUT2D eigenvalue weighted by Gasteiger charge is -2.73. The molecule has 5 saturated carbocycles. The monoisotopic (exact) mass is 541 g/mol. The largest absolute Gasteiger partial charge is 0.381 e. The van der Waals surface area contributed by atoms with Gasteiger partial charge in [-0.1, -0.05) is 82.1 Å². The van der Waals surface area contributed by atoms with Crippen LogP contribution in [0, 0.1) is 87.3 Å². The van der Waals surface area contributed by atoms with Crippen molar-refractivity contribution in [2.45, 2.75) is 146 Å². The van der Waals surface area contributed by atoms with Gasteiger partial charge in [-0.05, 0) is 145 Å². The van der Waals surface area contributed by atoms with Crippen molar-refractivity contribution in [3.8, 4) is 0 Å². The van der Waals surface area contributed by atoms with E-state index in [9.17, 15) is 0 Å². The molecule has 0 aliphatic heterocycles. The molecule has 0 aromatic rings. The van der Waals surface area contributed by atoms with Gasteiger partial charge in [0.1, 0.15) is 0 Å². The molecule has 0 saturated heterocycles. The minimum absolute atomic E-state index is 0.456. The van der Waals surface area contributed by atoms with Crippen molar-refractivity contribution in [2.75, 3.05) is 7.11 Å². The van der Waals surface area contributed by atoms with Gasteiger partial charge in [0.05, 0.1) is 6.10 Å². The number of fused-ring (bicyclic) bond motifs is 3. The number of rotatable bonds is 5. The minimum Gasteiger partial charge on any atom is -0.381 e. The molecule has 0 spiro atoms. The molecule has 1 heteroatoms. The topological polar surface area (TPSA) is 9.23 Å². The zero-order valence-electron chi connectivity index (χ0n) is 28.2. The van der Waals surface area contributed by atoms with Gasteiger partial charge in [-0.2, -0.15) is 0 Å². The maximum absolute atomic E-state index is 5.68. The molecular formula is C38H68O. The van der Waals surface area contributed by atoms with E-state index in [1.54, 1.807) is 0 Å². The Labute approximate surface area is 244 Å². The molecule has 13 unspecified atom stereocenters. The number of hydrogen-bond donors (Lipinski definition) is 0. The Bertz CT molecular complexity index is 840. The standard InChI is InChI=1S/C38H68O/c1-23(2)33-25(4)20-37(9)22-36(8)21-32-30(17-13-29-14-18-31(39-11)19-15-29)16-12-24(3)34(32)26(5)35(36)28(7)38(37,10)27(33)6/h23-35H,12-22H2,1-11H3. The third kappa shape index (κ3) is 4.82. The van der Waals surface area contributed by atoms with Crippen LogP contribution >= 0.6 is 0 Å². The summed E-state index contributed by atoms with van der Waals surface area (Å²) in [5.74, 6) is 10.7. The SMILES string of the molecule is COC1CCC(CCC2CCC(C)C3C(C)C4C(C)C5(C)C(C)C(C(C)C)C(C)CC5(C)CC4(C)CC23)CC1. The molecule has 5 aliphatic rings. The van der Waals surface area contributed by atoms with Crippen LogP contribution in [0.2, 0.25) is 0 Å². The van der Waals surface area contributed by atoms with Crippen LogP contribution in [-0.2, 0) is 4.74 Å². The van der Waals surface area contributed by atoms with E-state index >= 15 is 0 Å². The zero-order chi connectivity index (χ0) is 28.5. The predicted octanol–water partition coefficient (Wildman–Crippen LogP) is 10.9. The first kappa shape index (κ1) is 30.4. The summed E-state index contributed by atoms with van der Waals surface area (Å²) in [6.45, 7) is 26.8. The summed E-state index contributed by atoms with van der Waals surface area (Å²) in [4.78, 5) is 0. The van der Waals surface area contributed by atoms with Crippen LogP contribution < -0.4 is 0 Å². The molecule has 1 nitrogen and oxygen atoms in total. The highest BCUT2D eigenvalue weighted by Crippen LogP contribution is 2.75. The summed E-state index contributed by atoms with van der Waals surface area (Å²) in [5, 5.41) is 0. The molecule has 5 rings (SSSR count).